The van der Waals surface area contributed by atoms with Gasteiger partial charge in [-0.3, -0.25) is 0 Å². The first-order chi connectivity index (χ1) is 8.83. The molecule has 0 radical (unpaired) electrons. The molecule has 3 rings (SSSR count). The van der Waals surface area contributed by atoms with Crippen molar-refractivity contribution in [3.63, 3.8) is 0 Å². The SMILES string of the molecule is Brc1ccc2c(CCN3CCNCC3)coc2c1. The Labute approximate surface area is 115 Å². The molecule has 0 spiro atoms. The summed E-state index contributed by atoms with van der Waals surface area (Å²) in [6.45, 7) is 5.65. The van der Waals surface area contributed by atoms with Gasteiger partial charge in [-0.05, 0) is 30.2 Å². The van der Waals surface area contributed by atoms with Gasteiger partial charge < -0.3 is 14.6 Å². The third-order valence-corrected chi connectivity index (χ3v) is 4.02. The van der Waals surface area contributed by atoms with Gasteiger partial charge in [-0.15, -0.1) is 0 Å². The van der Waals surface area contributed by atoms with E-state index in [0.29, 0.717) is 0 Å². The Morgan fingerprint density at radius 2 is 2.11 bits per heavy atom. The fourth-order valence-electron chi connectivity index (χ4n) is 2.46. The highest BCUT2D eigenvalue weighted by molar-refractivity contribution is 9.10. The molecule has 1 aliphatic heterocycles. The van der Waals surface area contributed by atoms with Crippen molar-refractivity contribution in [3.05, 3.63) is 34.5 Å². The number of nitrogens with zero attached hydrogens (tertiary/aromatic N) is 1. The van der Waals surface area contributed by atoms with Crippen molar-refractivity contribution < 1.29 is 4.42 Å². The second-order valence-corrected chi connectivity index (χ2v) is 5.66. The molecule has 96 valence electrons. The smallest absolute Gasteiger partial charge is 0.135 e. The lowest BCUT2D eigenvalue weighted by Crippen LogP contribution is -2.44. The molecule has 2 heterocycles. The summed E-state index contributed by atoms with van der Waals surface area (Å²) in [4.78, 5) is 2.51. The van der Waals surface area contributed by atoms with E-state index >= 15 is 0 Å². The van der Waals surface area contributed by atoms with Gasteiger partial charge in [0, 0.05) is 42.6 Å². The Balaban J connectivity index is 1.70. The van der Waals surface area contributed by atoms with E-state index in [9.17, 15) is 0 Å². The maximum Gasteiger partial charge on any atom is 0.135 e. The summed E-state index contributed by atoms with van der Waals surface area (Å²) in [6, 6.07) is 6.24. The lowest BCUT2D eigenvalue weighted by atomic mass is 10.1. The zero-order valence-electron chi connectivity index (χ0n) is 10.3. The van der Waals surface area contributed by atoms with E-state index in [1.165, 1.54) is 10.9 Å². The quantitative estimate of drug-likeness (QED) is 0.945. The number of fused-ring (bicyclic) bond motifs is 1. The third kappa shape index (κ3) is 2.60. The summed E-state index contributed by atoms with van der Waals surface area (Å²) >= 11 is 3.47. The number of benzene rings is 1. The Bertz CT molecular complexity index is 532. The van der Waals surface area contributed by atoms with Crippen molar-refractivity contribution in [2.45, 2.75) is 6.42 Å². The predicted octanol–water partition coefficient (Wildman–Crippen LogP) is 2.64. The van der Waals surface area contributed by atoms with Crippen LogP contribution < -0.4 is 5.32 Å². The van der Waals surface area contributed by atoms with Gasteiger partial charge in [0.25, 0.3) is 0 Å². The highest BCUT2D eigenvalue weighted by Crippen LogP contribution is 2.25. The Hall–Kier alpha value is -0.840. The van der Waals surface area contributed by atoms with Gasteiger partial charge in [0.05, 0.1) is 6.26 Å². The summed E-state index contributed by atoms with van der Waals surface area (Å²) in [7, 11) is 0. The van der Waals surface area contributed by atoms with Crippen LogP contribution in [0, 0.1) is 0 Å². The standard InChI is InChI=1S/C14H17BrN2O/c15-12-1-2-13-11(10-18-14(13)9-12)3-6-17-7-4-16-5-8-17/h1-2,9-10,16H,3-8H2. The zero-order valence-corrected chi connectivity index (χ0v) is 11.9. The van der Waals surface area contributed by atoms with Crippen LogP contribution in [0.3, 0.4) is 0 Å². The fraction of sp³-hybridized carbons (Fsp3) is 0.429. The zero-order chi connectivity index (χ0) is 12.4. The molecule has 0 aliphatic carbocycles. The van der Waals surface area contributed by atoms with Crippen LogP contribution in [-0.2, 0) is 6.42 Å². The number of nitrogens with one attached hydrogen (secondary N) is 1. The monoisotopic (exact) mass is 308 g/mol. The van der Waals surface area contributed by atoms with E-state index in [4.69, 9.17) is 4.42 Å². The summed E-state index contributed by atoms with van der Waals surface area (Å²) in [5.41, 5.74) is 2.29. The van der Waals surface area contributed by atoms with Crippen molar-refractivity contribution >= 4 is 26.9 Å². The van der Waals surface area contributed by atoms with Gasteiger partial charge >= 0.3 is 0 Å². The molecule has 1 N–H and O–H groups in total. The van der Waals surface area contributed by atoms with Gasteiger partial charge in [0.15, 0.2) is 0 Å². The third-order valence-electron chi connectivity index (χ3n) is 3.52. The maximum absolute atomic E-state index is 5.61. The Morgan fingerprint density at radius 3 is 2.94 bits per heavy atom. The first-order valence-corrected chi connectivity index (χ1v) is 7.21. The van der Waals surface area contributed by atoms with Crippen LogP contribution in [0.1, 0.15) is 5.56 Å². The second kappa shape index (κ2) is 5.43. The van der Waals surface area contributed by atoms with E-state index in [1.54, 1.807) is 0 Å². The van der Waals surface area contributed by atoms with E-state index in [0.717, 1.165) is 49.2 Å². The topological polar surface area (TPSA) is 28.4 Å². The van der Waals surface area contributed by atoms with Gasteiger partial charge in [-0.25, -0.2) is 0 Å². The number of hydrogen-bond donors (Lipinski definition) is 1. The Kier molecular flexibility index (Phi) is 3.68. The van der Waals surface area contributed by atoms with Crippen LogP contribution >= 0.6 is 15.9 Å². The predicted molar refractivity (Wildman–Crippen MR) is 76.9 cm³/mol. The minimum atomic E-state index is 0.972. The highest BCUT2D eigenvalue weighted by atomic mass is 79.9. The molecule has 0 saturated carbocycles. The summed E-state index contributed by atoms with van der Waals surface area (Å²) in [6.07, 6.45) is 2.97. The molecule has 3 nitrogen and oxygen atoms in total. The maximum atomic E-state index is 5.61. The van der Waals surface area contributed by atoms with Crippen LogP contribution in [0.2, 0.25) is 0 Å². The summed E-state index contributed by atoms with van der Waals surface area (Å²) < 4.78 is 6.68. The van der Waals surface area contributed by atoms with Gasteiger partial charge in [-0.1, -0.05) is 15.9 Å². The summed E-state index contributed by atoms with van der Waals surface area (Å²) in [5, 5.41) is 4.62. The summed E-state index contributed by atoms with van der Waals surface area (Å²) in [5.74, 6) is 0. The molecular formula is C14H17BrN2O. The van der Waals surface area contributed by atoms with E-state index in [-0.39, 0.29) is 0 Å². The molecule has 0 atom stereocenters. The average Bonchev–Trinajstić information content (AvgIpc) is 2.80. The van der Waals surface area contributed by atoms with Gasteiger partial charge in [0.1, 0.15) is 5.58 Å². The molecule has 0 bridgehead atoms. The molecule has 1 fully saturated rings. The van der Waals surface area contributed by atoms with E-state index in [2.05, 4.69) is 38.3 Å². The van der Waals surface area contributed by atoms with Gasteiger partial charge in [0.2, 0.25) is 0 Å². The molecule has 1 saturated heterocycles. The molecule has 2 aromatic rings. The van der Waals surface area contributed by atoms with Crippen LogP contribution in [0.15, 0.2) is 33.4 Å². The molecular weight excluding hydrogens is 292 g/mol. The number of piperazine rings is 1. The highest BCUT2D eigenvalue weighted by Gasteiger charge is 2.11. The molecule has 18 heavy (non-hydrogen) atoms. The lowest BCUT2D eigenvalue weighted by Gasteiger charge is -2.26. The largest absolute Gasteiger partial charge is 0.464 e. The van der Waals surface area contributed by atoms with Crippen LogP contribution in [0.5, 0.6) is 0 Å². The van der Waals surface area contributed by atoms with Crippen molar-refractivity contribution in [2.24, 2.45) is 0 Å². The fourth-order valence-corrected chi connectivity index (χ4v) is 2.80. The van der Waals surface area contributed by atoms with Crippen LogP contribution in [0.25, 0.3) is 11.0 Å². The van der Waals surface area contributed by atoms with E-state index < -0.39 is 0 Å². The first-order valence-electron chi connectivity index (χ1n) is 6.41. The average molecular weight is 309 g/mol. The Morgan fingerprint density at radius 1 is 1.28 bits per heavy atom. The minimum Gasteiger partial charge on any atom is -0.464 e. The van der Waals surface area contributed by atoms with Gasteiger partial charge in [-0.2, -0.15) is 0 Å². The molecule has 1 aliphatic rings. The number of rotatable bonds is 3. The first kappa shape index (κ1) is 12.2. The van der Waals surface area contributed by atoms with Crippen molar-refractivity contribution in [2.75, 3.05) is 32.7 Å². The van der Waals surface area contributed by atoms with Crippen LogP contribution in [-0.4, -0.2) is 37.6 Å². The van der Waals surface area contributed by atoms with Crippen molar-refractivity contribution in [3.8, 4) is 0 Å². The number of hydrogen-bond acceptors (Lipinski definition) is 3. The molecule has 4 heteroatoms. The normalized spacial score (nSPS) is 17.4. The minimum absolute atomic E-state index is 0.972. The number of furan rings is 1. The van der Waals surface area contributed by atoms with Crippen LogP contribution in [0.4, 0.5) is 0 Å². The second-order valence-electron chi connectivity index (χ2n) is 4.74. The molecule has 1 aromatic heterocycles. The lowest BCUT2D eigenvalue weighted by molar-refractivity contribution is 0.244. The molecule has 1 aromatic carbocycles. The molecule has 0 amide bonds. The van der Waals surface area contributed by atoms with Crippen molar-refractivity contribution in [1.82, 2.24) is 10.2 Å². The number of halogens is 1. The van der Waals surface area contributed by atoms with E-state index in [1.807, 2.05) is 12.3 Å². The molecule has 0 unspecified atom stereocenters. The van der Waals surface area contributed by atoms with Crippen molar-refractivity contribution in [1.29, 1.82) is 0 Å².